The van der Waals surface area contributed by atoms with Crippen LogP contribution in [0.5, 0.6) is 0 Å². The lowest BCUT2D eigenvalue weighted by Crippen LogP contribution is -1.91. The van der Waals surface area contributed by atoms with Gasteiger partial charge in [0.25, 0.3) is 0 Å². The Hall–Kier alpha value is -5.14. The molecule has 1 aromatic heterocycles. The maximum Gasteiger partial charge on any atom is 0.136 e. The molecule has 8 aromatic rings. The fourth-order valence-electron chi connectivity index (χ4n) is 4.64. The van der Waals surface area contributed by atoms with E-state index >= 15 is 0 Å². The van der Waals surface area contributed by atoms with E-state index < -0.39 is 222 Å². The van der Waals surface area contributed by atoms with E-state index in [0.717, 1.165) is 0 Å². The molecule has 0 fully saturated rings. The van der Waals surface area contributed by atoms with Crippen molar-refractivity contribution in [2.24, 2.45) is 0 Å². The summed E-state index contributed by atoms with van der Waals surface area (Å²) in [5.41, 5.74) is -5.34. The lowest BCUT2D eigenvalue weighted by molar-refractivity contribution is 0.669. The Morgan fingerprint density at radius 3 is 1.59 bits per heavy atom. The highest BCUT2D eigenvalue weighted by Gasteiger charge is 2.20. The molecule has 182 valence electrons. The maximum atomic E-state index is 9.50. The second-order valence-corrected chi connectivity index (χ2v) is 8.26. The zero-order chi connectivity index (χ0) is 46.6. The number of hydrogen-bond donors (Lipinski definition) is 0. The van der Waals surface area contributed by atoms with Crippen LogP contribution in [0.4, 0.5) is 0 Å². The molecule has 0 unspecified atom stereocenters. The van der Waals surface area contributed by atoms with Gasteiger partial charge in [0, 0.05) is 10.8 Å². The first-order chi connectivity index (χ1) is 29.3. The van der Waals surface area contributed by atoms with E-state index in [4.69, 9.17) is 29.1 Å². The molecular weight excluding hydrogens is 472 g/mol. The van der Waals surface area contributed by atoms with Crippen molar-refractivity contribution in [3.8, 4) is 33.4 Å². The summed E-state index contributed by atoms with van der Waals surface area (Å²) in [6, 6.07) is -21.5. The average molecular weight is 521 g/mol. The lowest BCUT2D eigenvalue weighted by atomic mass is 9.85. The van der Waals surface area contributed by atoms with Gasteiger partial charge in [-0.15, -0.1) is 0 Å². The number of hydrogen-bond acceptors (Lipinski definition) is 1. The summed E-state index contributed by atoms with van der Waals surface area (Å²) in [7, 11) is 0. The van der Waals surface area contributed by atoms with Crippen LogP contribution in [-0.4, -0.2) is 0 Å². The molecule has 0 saturated carbocycles. The minimum Gasteiger partial charge on any atom is -0.456 e. The standard InChI is InChI=1S/C38H24O/c1-3-12-25(13-4-1)27-22-23-34-33(24-27)38-32(20-11-21-35(38)39-34)37-30-18-9-7-16-28(30)36(26-14-5-2-6-15-26)29-17-8-10-19-31(29)37/h1-24H/i1D,2D,3D,4D,5D,6D,7D,8D,9D,10D,11D,12D,13D,14D,15D,16D,17D,18D,19D,20D,21D,22D,23D,24D. The molecule has 0 atom stereocenters. The van der Waals surface area contributed by atoms with Gasteiger partial charge >= 0.3 is 0 Å². The smallest absolute Gasteiger partial charge is 0.136 e. The molecule has 0 aliphatic carbocycles. The quantitative estimate of drug-likeness (QED) is 0.211. The molecule has 0 aliphatic heterocycles. The molecule has 0 N–H and O–H groups in total. The number of rotatable bonds is 3. The maximum absolute atomic E-state index is 9.50. The summed E-state index contributed by atoms with van der Waals surface area (Å²) in [5, 5.41) is -3.74. The lowest BCUT2D eigenvalue weighted by Gasteiger charge is -2.18. The van der Waals surface area contributed by atoms with Gasteiger partial charge in [-0.3, -0.25) is 0 Å². The highest BCUT2D eigenvalue weighted by atomic mass is 16.3. The van der Waals surface area contributed by atoms with Crippen LogP contribution in [0.2, 0.25) is 0 Å². The minimum atomic E-state index is -0.946. The fourth-order valence-corrected chi connectivity index (χ4v) is 4.64. The number of fused-ring (bicyclic) bond motifs is 5. The summed E-state index contributed by atoms with van der Waals surface area (Å²) >= 11 is 0. The Morgan fingerprint density at radius 2 is 0.949 bits per heavy atom. The largest absolute Gasteiger partial charge is 0.456 e. The van der Waals surface area contributed by atoms with Crippen molar-refractivity contribution >= 4 is 43.5 Å². The molecule has 0 spiro atoms. The van der Waals surface area contributed by atoms with Crippen LogP contribution in [-0.2, 0) is 0 Å². The van der Waals surface area contributed by atoms with Gasteiger partial charge < -0.3 is 4.42 Å². The van der Waals surface area contributed by atoms with Crippen LogP contribution < -0.4 is 0 Å². The van der Waals surface area contributed by atoms with Gasteiger partial charge in [0.05, 0.1) is 32.9 Å². The van der Waals surface area contributed by atoms with Crippen molar-refractivity contribution < 1.29 is 37.3 Å². The van der Waals surface area contributed by atoms with E-state index in [1.165, 1.54) is 0 Å². The van der Waals surface area contributed by atoms with E-state index in [1.807, 2.05) is 0 Å². The van der Waals surface area contributed by atoms with Crippen LogP contribution in [0.3, 0.4) is 0 Å². The average Bonchev–Trinajstić information content (AvgIpc) is 3.66. The molecule has 0 aliphatic rings. The van der Waals surface area contributed by atoms with Crippen molar-refractivity contribution in [2.45, 2.75) is 0 Å². The second-order valence-electron chi connectivity index (χ2n) is 8.26. The molecule has 39 heavy (non-hydrogen) atoms. The molecule has 1 heterocycles. The van der Waals surface area contributed by atoms with Gasteiger partial charge in [0.15, 0.2) is 0 Å². The Morgan fingerprint density at radius 1 is 0.385 bits per heavy atom. The van der Waals surface area contributed by atoms with Crippen LogP contribution in [0.15, 0.2) is 149 Å². The van der Waals surface area contributed by atoms with Gasteiger partial charge in [-0.25, -0.2) is 0 Å². The molecule has 0 radical (unpaired) electrons. The van der Waals surface area contributed by atoms with Crippen molar-refractivity contribution in [1.82, 2.24) is 0 Å². The van der Waals surface area contributed by atoms with Gasteiger partial charge in [-0.05, 0) is 73.1 Å². The molecule has 8 rings (SSSR count). The van der Waals surface area contributed by atoms with E-state index in [-0.39, 0.29) is 0 Å². The summed E-state index contributed by atoms with van der Waals surface area (Å²) in [5.74, 6) is 0. The molecule has 1 heteroatoms. The highest BCUT2D eigenvalue weighted by molar-refractivity contribution is 6.25. The van der Waals surface area contributed by atoms with Crippen molar-refractivity contribution in [1.29, 1.82) is 0 Å². The first-order valence-electron chi connectivity index (χ1n) is 23.4. The first-order valence-corrected chi connectivity index (χ1v) is 11.4. The monoisotopic (exact) mass is 520 g/mol. The predicted octanol–water partition coefficient (Wildman–Crippen LogP) is 10.9. The van der Waals surface area contributed by atoms with Crippen LogP contribution >= 0.6 is 0 Å². The number of furan rings is 1. The summed E-state index contributed by atoms with van der Waals surface area (Å²) < 4.78 is 217. The summed E-state index contributed by atoms with van der Waals surface area (Å²) in [4.78, 5) is 0. The zero-order valence-corrected chi connectivity index (χ0v) is 19.4. The van der Waals surface area contributed by atoms with E-state index in [9.17, 15) is 8.22 Å². The van der Waals surface area contributed by atoms with Crippen molar-refractivity contribution in [3.05, 3.63) is 145 Å². The Kier molecular flexibility index (Phi) is 1.94. The topological polar surface area (TPSA) is 13.1 Å². The molecular formula is C38H24O. The Balaban J connectivity index is 1.78. The van der Waals surface area contributed by atoms with Gasteiger partial charge in [-0.1, -0.05) is 127 Å². The third-order valence-electron chi connectivity index (χ3n) is 6.20. The molecule has 0 saturated heterocycles. The zero-order valence-electron chi connectivity index (χ0n) is 43.4. The summed E-state index contributed by atoms with van der Waals surface area (Å²) in [6.45, 7) is 0. The van der Waals surface area contributed by atoms with Crippen LogP contribution in [0.1, 0.15) is 32.9 Å². The Labute approximate surface area is 260 Å². The second kappa shape index (κ2) is 8.72. The highest BCUT2D eigenvalue weighted by Crippen LogP contribution is 2.47. The van der Waals surface area contributed by atoms with Crippen molar-refractivity contribution in [3.63, 3.8) is 0 Å². The van der Waals surface area contributed by atoms with Gasteiger partial charge in [-0.2, -0.15) is 0 Å². The minimum absolute atomic E-state index is 0.541. The summed E-state index contributed by atoms with van der Waals surface area (Å²) in [6.07, 6.45) is 0. The van der Waals surface area contributed by atoms with Crippen LogP contribution in [0, 0.1) is 0 Å². The fraction of sp³-hybridized carbons (Fsp3) is 0. The third-order valence-corrected chi connectivity index (χ3v) is 6.20. The van der Waals surface area contributed by atoms with Crippen molar-refractivity contribution in [2.75, 3.05) is 0 Å². The Bertz CT molecular complexity index is 3360. The molecule has 1 nitrogen and oxygen atoms in total. The normalized spacial score (nSPS) is 20.2. The predicted molar refractivity (Wildman–Crippen MR) is 165 cm³/mol. The van der Waals surface area contributed by atoms with E-state index in [2.05, 4.69) is 0 Å². The molecule has 7 aromatic carbocycles. The van der Waals surface area contributed by atoms with E-state index in [1.54, 1.807) is 0 Å². The number of benzene rings is 7. The van der Waals surface area contributed by atoms with E-state index in [0.29, 0.717) is 0 Å². The molecule has 0 amide bonds. The first kappa shape index (κ1) is 8.69. The molecule has 0 bridgehead atoms. The van der Waals surface area contributed by atoms with Gasteiger partial charge in [0.2, 0.25) is 0 Å². The third kappa shape index (κ3) is 3.41. The van der Waals surface area contributed by atoms with Gasteiger partial charge in [0.1, 0.15) is 11.2 Å². The van der Waals surface area contributed by atoms with Crippen LogP contribution in [0.25, 0.3) is 76.9 Å². The SMILES string of the molecule is [2H]c1c([2H])c([2H])c(-c2c([2H])c([2H])c3oc4c([2H])c([2H])c([2H])c(-c5c6c([2H])c([2H])c([2H])c([2H])c6c(-c6c([2H])c([2H])c([2H])c([2H])c6[2H])c6c([2H])c([2H])c([2H])c([2H])c56)c4c3c2[2H])c([2H])c1[2H].